The maximum absolute atomic E-state index is 12.8. The van der Waals surface area contributed by atoms with Crippen molar-refractivity contribution in [1.82, 2.24) is 0 Å². The molecule has 0 aliphatic heterocycles. The van der Waals surface area contributed by atoms with E-state index in [1.54, 1.807) is 0 Å². The first-order valence-electron chi connectivity index (χ1n) is 7.61. The van der Waals surface area contributed by atoms with E-state index in [-0.39, 0.29) is 5.41 Å². The predicted octanol–water partition coefficient (Wildman–Crippen LogP) is 4.60. The van der Waals surface area contributed by atoms with E-state index >= 15 is 0 Å². The predicted molar refractivity (Wildman–Crippen MR) is 71.9 cm³/mol. The van der Waals surface area contributed by atoms with Gasteiger partial charge < -0.3 is 0 Å². The second-order valence-corrected chi connectivity index (χ2v) is 6.82. The van der Waals surface area contributed by atoms with Crippen LogP contribution in [0.15, 0.2) is 0 Å². The fourth-order valence-corrected chi connectivity index (χ4v) is 4.42. The van der Waals surface area contributed by atoms with Crippen LogP contribution < -0.4 is 0 Å². The lowest BCUT2D eigenvalue weighted by Crippen LogP contribution is -2.37. The van der Waals surface area contributed by atoms with Crippen molar-refractivity contribution in [1.29, 1.82) is 0 Å². The molecule has 0 amide bonds. The average molecular weight is 236 g/mol. The maximum atomic E-state index is 12.8. The molecule has 98 valence electrons. The lowest BCUT2D eigenvalue weighted by molar-refractivity contribution is -0.135. The fourth-order valence-electron chi connectivity index (χ4n) is 4.42. The summed E-state index contributed by atoms with van der Waals surface area (Å²) in [5.41, 5.74) is 0.0848. The second kappa shape index (κ2) is 5.12. The summed E-state index contributed by atoms with van der Waals surface area (Å²) < 4.78 is 0. The molecule has 0 saturated heterocycles. The largest absolute Gasteiger partial charge is 0.299 e. The minimum atomic E-state index is 0.0848. The molecule has 2 aliphatic carbocycles. The monoisotopic (exact) mass is 236 g/mol. The minimum Gasteiger partial charge on any atom is -0.299 e. The normalized spacial score (nSPS) is 37.0. The van der Waals surface area contributed by atoms with Crippen LogP contribution in [0.1, 0.15) is 72.1 Å². The lowest BCUT2D eigenvalue weighted by atomic mass is 9.67. The van der Waals surface area contributed by atoms with Crippen LogP contribution in [0.4, 0.5) is 0 Å². The van der Waals surface area contributed by atoms with Crippen molar-refractivity contribution in [2.75, 3.05) is 0 Å². The van der Waals surface area contributed by atoms with Crippen LogP contribution in [0.3, 0.4) is 0 Å². The molecule has 0 N–H and O–H groups in total. The number of ketones is 1. The average Bonchev–Trinajstić information content (AvgIpc) is 2.76. The summed E-state index contributed by atoms with van der Waals surface area (Å²) in [5.74, 6) is 2.52. The lowest BCUT2D eigenvalue weighted by Gasteiger charge is -2.36. The van der Waals surface area contributed by atoms with E-state index in [2.05, 4.69) is 20.8 Å². The molecule has 0 radical (unpaired) electrons. The van der Waals surface area contributed by atoms with Gasteiger partial charge in [0.25, 0.3) is 0 Å². The molecule has 17 heavy (non-hydrogen) atoms. The molecule has 0 aromatic rings. The summed E-state index contributed by atoms with van der Waals surface area (Å²) in [4.78, 5) is 12.8. The van der Waals surface area contributed by atoms with E-state index in [9.17, 15) is 4.79 Å². The van der Waals surface area contributed by atoms with E-state index in [1.165, 1.54) is 32.1 Å². The van der Waals surface area contributed by atoms with Gasteiger partial charge in [0.2, 0.25) is 0 Å². The third-order valence-corrected chi connectivity index (χ3v) is 5.31. The molecule has 0 heterocycles. The summed E-state index contributed by atoms with van der Waals surface area (Å²) in [6, 6.07) is 0. The zero-order valence-electron chi connectivity index (χ0n) is 11.8. The summed E-state index contributed by atoms with van der Waals surface area (Å²) in [6.45, 7) is 6.87. The Morgan fingerprint density at radius 1 is 1.06 bits per heavy atom. The van der Waals surface area contributed by atoms with Crippen molar-refractivity contribution in [3.05, 3.63) is 0 Å². The maximum Gasteiger partial charge on any atom is 0.142 e. The van der Waals surface area contributed by atoms with Crippen LogP contribution in [0.2, 0.25) is 0 Å². The highest BCUT2D eigenvalue weighted by Gasteiger charge is 2.43. The molecular weight excluding hydrogens is 208 g/mol. The molecule has 0 bridgehead atoms. The van der Waals surface area contributed by atoms with E-state index in [4.69, 9.17) is 0 Å². The molecule has 2 rings (SSSR count). The van der Waals surface area contributed by atoms with Gasteiger partial charge in [-0.2, -0.15) is 0 Å². The van der Waals surface area contributed by atoms with Crippen LogP contribution >= 0.6 is 0 Å². The number of rotatable bonds is 3. The third-order valence-electron chi connectivity index (χ3n) is 5.31. The van der Waals surface area contributed by atoms with E-state index in [0.29, 0.717) is 11.7 Å². The van der Waals surface area contributed by atoms with Gasteiger partial charge in [-0.05, 0) is 50.4 Å². The molecule has 0 aromatic carbocycles. The quantitative estimate of drug-likeness (QED) is 0.700. The molecule has 2 unspecified atom stereocenters. The molecule has 2 fully saturated rings. The molecular formula is C16H28O. The van der Waals surface area contributed by atoms with Crippen molar-refractivity contribution >= 4 is 5.78 Å². The second-order valence-electron chi connectivity index (χ2n) is 6.82. The minimum absolute atomic E-state index is 0.0848. The number of carbonyl (C=O) groups is 1. The Bertz CT molecular complexity index is 265. The Morgan fingerprint density at radius 3 is 2.06 bits per heavy atom. The number of Topliss-reactive ketones (excluding diaryl/α,β-unsaturated/α-hetero) is 1. The first-order valence-corrected chi connectivity index (χ1v) is 7.61. The molecule has 2 atom stereocenters. The van der Waals surface area contributed by atoms with Gasteiger partial charge in [-0.1, -0.05) is 33.6 Å². The van der Waals surface area contributed by atoms with Crippen molar-refractivity contribution in [3.8, 4) is 0 Å². The van der Waals surface area contributed by atoms with Crippen LogP contribution in [-0.2, 0) is 4.79 Å². The topological polar surface area (TPSA) is 17.1 Å². The Morgan fingerprint density at radius 2 is 1.59 bits per heavy atom. The van der Waals surface area contributed by atoms with E-state index in [1.807, 2.05) is 0 Å². The molecule has 1 nitrogen and oxygen atoms in total. The van der Waals surface area contributed by atoms with Gasteiger partial charge in [-0.15, -0.1) is 0 Å². The highest BCUT2D eigenvalue weighted by molar-refractivity contribution is 5.87. The van der Waals surface area contributed by atoms with Gasteiger partial charge in [0.1, 0.15) is 5.78 Å². The Labute approximate surface area is 106 Å². The summed E-state index contributed by atoms with van der Waals surface area (Å²) >= 11 is 0. The third kappa shape index (κ3) is 2.58. The number of carbonyl (C=O) groups excluding carboxylic acids is 1. The molecule has 2 aliphatic rings. The van der Waals surface area contributed by atoms with Crippen molar-refractivity contribution in [2.45, 2.75) is 72.1 Å². The van der Waals surface area contributed by atoms with Crippen LogP contribution in [0, 0.1) is 23.2 Å². The highest BCUT2D eigenvalue weighted by Crippen LogP contribution is 2.46. The summed E-state index contributed by atoms with van der Waals surface area (Å²) in [7, 11) is 0. The molecule has 0 aromatic heterocycles. The molecule has 1 heteroatoms. The van der Waals surface area contributed by atoms with Gasteiger partial charge >= 0.3 is 0 Å². The van der Waals surface area contributed by atoms with Crippen LogP contribution in [-0.4, -0.2) is 5.78 Å². The number of hydrogen-bond acceptors (Lipinski definition) is 1. The molecule has 0 spiro atoms. The van der Waals surface area contributed by atoms with E-state index < -0.39 is 0 Å². The van der Waals surface area contributed by atoms with Gasteiger partial charge in [0.05, 0.1) is 0 Å². The zero-order chi connectivity index (χ0) is 12.5. The zero-order valence-corrected chi connectivity index (χ0v) is 11.8. The van der Waals surface area contributed by atoms with Gasteiger partial charge in [0.15, 0.2) is 0 Å². The Balaban J connectivity index is 2.08. The van der Waals surface area contributed by atoms with E-state index in [0.717, 1.165) is 31.1 Å². The first kappa shape index (κ1) is 13.1. The Hall–Kier alpha value is -0.330. The van der Waals surface area contributed by atoms with Gasteiger partial charge in [0, 0.05) is 11.3 Å². The highest BCUT2D eigenvalue weighted by atomic mass is 16.1. The van der Waals surface area contributed by atoms with Crippen molar-refractivity contribution in [3.63, 3.8) is 0 Å². The fraction of sp³-hybridized carbons (Fsp3) is 0.938. The van der Waals surface area contributed by atoms with Crippen molar-refractivity contribution in [2.24, 2.45) is 23.2 Å². The number of hydrogen-bond donors (Lipinski definition) is 0. The summed E-state index contributed by atoms with van der Waals surface area (Å²) in [6.07, 6.45) is 9.60. The molecule has 2 saturated carbocycles. The van der Waals surface area contributed by atoms with Crippen LogP contribution in [0.5, 0.6) is 0 Å². The first-order chi connectivity index (χ1) is 8.07. The van der Waals surface area contributed by atoms with Crippen molar-refractivity contribution < 1.29 is 4.79 Å². The van der Waals surface area contributed by atoms with Crippen LogP contribution in [0.25, 0.3) is 0 Å². The SMILES string of the molecule is CCC1(C(=O)C2CC(C)CC(C)C2)CCCC1. The Kier molecular flexibility index (Phi) is 3.95. The summed E-state index contributed by atoms with van der Waals surface area (Å²) in [5, 5.41) is 0. The van der Waals surface area contributed by atoms with Gasteiger partial charge in [-0.3, -0.25) is 4.79 Å². The van der Waals surface area contributed by atoms with Gasteiger partial charge in [-0.25, -0.2) is 0 Å². The smallest absolute Gasteiger partial charge is 0.142 e. The standard InChI is InChI=1S/C16H28O/c1-4-16(7-5-6-8-16)15(17)14-10-12(2)9-13(3)11-14/h12-14H,4-11H2,1-3H3.